The summed E-state index contributed by atoms with van der Waals surface area (Å²) in [7, 11) is 2.03. The van der Waals surface area contributed by atoms with Crippen molar-refractivity contribution >= 4 is 23.0 Å². The van der Waals surface area contributed by atoms with Gasteiger partial charge in [0.15, 0.2) is 0 Å². The summed E-state index contributed by atoms with van der Waals surface area (Å²) in [6, 6.07) is 13.9. The maximum atomic E-state index is 13.7. The van der Waals surface area contributed by atoms with E-state index >= 15 is 0 Å². The maximum absolute atomic E-state index is 13.7. The number of amides is 1. The number of ether oxygens (including phenoxy) is 1. The molecule has 42 heavy (non-hydrogen) atoms. The predicted octanol–water partition coefficient (Wildman–Crippen LogP) is 4.02. The first-order valence-corrected chi connectivity index (χ1v) is 13.7. The third-order valence-electron chi connectivity index (χ3n) is 7.59. The number of hydrogen-bond donors (Lipinski definition) is 2. The molecule has 3 aromatic rings. The lowest BCUT2D eigenvalue weighted by Gasteiger charge is -2.39. The van der Waals surface area contributed by atoms with E-state index < -0.39 is 28.8 Å². The molecule has 2 aliphatic rings. The summed E-state index contributed by atoms with van der Waals surface area (Å²) in [6.07, 6.45) is -4.08. The minimum Gasteiger partial charge on any atom is -0.378 e. The fraction of sp³-hybridized carbons (Fsp3) is 0.355. The normalized spacial score (nSPS) is 17.9. The molecule has 11 heteroatoms. The highest BCUT2D eigenvalue weighted by atomic mass is 19.4. The van der Waals surface area contributed by atoms with E-state index in [0.717, 1.165) is 37.1 Å². The number of nitrogens with zero attached hydrogens (tertiary/aromatic N) is 3. The van der Waals surface area contributed by atoms with Crippen molar-refractivity contribution in [2.24, 2.45) is 0 Å². The van der Waals surface area contributed by atoms with Gasteiger partial charge in [-0.25, -0.2) is 0 Å². The number of nitrogens with one attached hydrogen (secondary N) is 2. The Bertz CT molecular complexity index is 1570. The molecule has 1 amide bonds. The number of likely N-dealkylation sites (N-methyl/N-ethyl adjacent to an activating group) is 1. The van der Waals surface area contributed by atoms with Crippen molar-refractivity contribution < 1.29 is 22.7 Å². The molecule has 0 spiro atoms. The Morgan fingerprint density at radius 1 is 1.00 bits per heavy atom. The number of carbonyl (C=O) groups excluding carboxylic acids is 1. The highest BCUT2D eigenvalue weighted by Gasteiger charge is 2.36. The molecule has 0 aliphatic carbocycles. The second-order valence-corrected chi connectivity index (χ2v) is 10.5. The van der Waals surface area contributed by atoms with Gasteiger partial charge in [0.05, 0.1) is 35.7 Å². The Morgan fingerprint density at radius 2 is 1.74 bits per heavy atom. The van der Waals surface area contributed by atoms with Gasteiger partial charge in [0.2, 0.25) is 5.56 Å². The van der Waals surface area contributed by atoms with E-state index in [-0.39, 0.29) is 6.04 Å². The molecule has 8 nitrogen and oxygen atoms in total. The number of hydrogen-bond acceptors (Lipinski definition) is 6. The molecule has 2 aliphatic heterocycles. The van der Waals surface area contributed by atoms with Gasteiger partial charge in [-0.3, -0.25) is 9.59 Å². The van der Waals surface area contributed by atoms with Crippen LogP contribution in [-0.2, 0) is 10.9 Å². The van der Waals surface area contributed by atoms with Crippen LogP contribution >= 0.6 is 0 Å². The van der Waals surface area contributed by atoms with Gasteiger partial charge in [0.25, 0.3) is 5.91 Å². The van der Waals surface area contributed by atoms with Crippen LogP contribution in [0.25, 0.3) is 0 Å². The number of alkyl halides is 3. The number of halogens is 3. The van der Waals surface area contributed by atoms with Gasteiger partial charge in [0, 0.05) is 67.8 Å². The van der Waals surface area contributed by atoms with Crippen molar-refractivity contribution in [2.45, 2.75) is 19.1 Å². The van der Waals surface area contributed by atoms with Gasteiger partial charge >= 0.3 is 6.18 Å². The Morgan fingerprint density at radius 3 is 2.45 bits per heavy atom. The van der Waals surface area contributed by atoms with Crippen molar-refractivity contribution in [1.82, 2.24) is 9.88 Å². The molecule has 2 aromatic carbocycles. The first kappa shape index (κ1) is 29.2. The monoisotopic (exact) mass is 579 g/mol. The molecule has 220 valence electrons. The summed E-state index contributed by atoms with van der Waals surface area (Å²) >= 11 is 0. The summed E-state index contributed by atoms with van der Waals surface area (Å²) < 4.78 is 46.5. The van der Waals surface area contributed by atoms with Crippen molar-refractivity contribution in [1.29, 1.82) is 0 Å². The fourth-order valence-electron chi connectivity index (χ4n) is 5.09. The molecule has 0 radical (unpaired) electrons. The zero-order valence-electron chi connectivity index (χ0n) is 23.4. The molecule has 2 N–H and O–H groups in total. The van der Waals surface area contributed by atoms with E-state index in [1.165, 1.54) is 0 Å². The zero-order valence-corrected chi connectivity index (χ0v) is 23.4. The average Bonchev–Trinajstić information content (AvgIpc) is 2.98. The molecule has 2 fully saturated rings. The topological polar surface area (TPSA) is 80.9 Å². The number of pyridine rings is 1. The Balaban J connectivity index is 1.47. The molecule has 0 unspecified atom stereocenters. The van der Waals surface area contributed by atoms with Gasteiger partial charge in [-0.15, -0.1) is 0 Å². The number of anilines is 3. The third kappa shape index (κ3) is 6.78. The van der Waals surface area contributed by atoms with E-state index in [1.54, 1.807) is 6.07 Å². The second kappa shape index (κ2) is 12.3. The number of rotatable bonds is 4. The molecule has 0 saturated carbocycles. The molecule has 1 aromatic heterocycles. The highest BCUT2D eigenvalue weighted by molar-refractivity contribution is 6.07. The summed E-state index contributed by atoms with van der Waals surface area (Å²) in [5.41, 5.74) is 0.562. The fourth-order valence-corrected chi connectivity index (χ4v) is 5.09. The standard InChI is InChI=1S/C31H32F3N5O3/c1-21-20-39(11-10-37(21)2)28-9-8-23(7-6-22-4-3-5-24(16-22)38-12-14-42-15-13-38)17-27(28)36-30(41)25-19-35-29(40)18-26(25)31(32,33)34/h3-5,8-9,16-19,21H,10-15,20H2,1-2H3,(H,35,40)(H,36,41)/t21-/m0/s1. The Kier molecular flexibility index (Phi) is 8.56. The van der Waals surface area contributed by atoms with Crippen LogP contribution in [0.4, 0.5) is 30.2 Å². The minimum atomic E-state index is -4.88. The van der Waals surface area contributed by atoms with Crippen LogP contribution in [0, 0.1) is 11.8 Å². The molecule has 3 heterocycles. The Hall–Kier alpha value is -4.27. The summed E-state index contributed by atoms with van der Waals surface area (Å²) in [5, 5.41) is 2.67. The van der Waals surface area contributed by atoms with E-state index in [0.29, 0.717) is 49.3 Å². The van der Waals surface area contributed by atoms with E-state index in [9.17, 15) is 22.8 Å². The van der Waals surface area contributed by atoms with Crippen LogP contribution in [0.5, 0.6) is 0 Å². The third-order valence-corrected chi connectivity index (χ3v) is 7.59. The first-order chi connectivity index (χ1) is 20.1. The van der Waals surface area contributed by atoms with E-state index in [4.69, 9.17) is 4.74 Å². The van der Waals surface area contributed by atoms with Crippen molar-refractivity contribution in [3.63, 3.8) is 0 Å². The lowest BCUT2D eigenvalue weighted by atomic mass is 10.1. The predicted molar refractivity (Wildman–Crippen MR) is 156 cm³/mol. The van der Waals surface area contributed by atoms with Gasteiger partial charge < -0.3 is 29.7 Å². The SMILES string of the molecule is C[C@H]1CN(c2ccc(C#Cc3cccc(N4CCOCC4)c3)cc2NC(=O)c2c[nH]c(=O)cc2C(F)(F)F)CCN1C. The van der Waals surface area contributed by atoms with Crippen LogP contribution in [0.15, 0.2) is 59.5 Å². The number of morpholine rings is 1. The first-order valence-electron chi connectivity index (χ1n) is 13.7. The quantitative estimate of drug-likeness (QED) is 0.455. The Labute approximate surface area is 242 Å². The second-order valence-electron chi connectivity index (χ2n) is 10.5. The van der Waals surface area contributed by atoms with Gasteiger partial charge in [0.1, 0.15) is 0 Å². The average molecular weight is 580 g/mol. The van der Waals surface area contributed by atoms with Crippen LogP contribution in [-0.4, -0.2) is 74.8 Å². The minimum absolute atomic E-state index is 0.233. The lowest BCUT2D eigenvalue weighted by molar-refractivity contribution is -0.138. The molecule has 2 saturated heterocycles. The van der Waals surface area contributed by atoms with E-state index in [1.807, 2.05) is 43.4 Å². The maximum Gasteiger partial charge on any atom is 0.417 e. The molecular weight excluding hydrogens is 547 g/mol. The van der Waals surface area contributed by atoms with Gasteiger partial charge in [-0.1, -0.05) is 17.9 Å². The summed E-state index contributed by atoms with van der Waals surface area (Å²) in [4.78, 5) is 33.6. The lowest BCUT2D eigenvalue weighted by Crippen LogP contribution is -2.50. The number of piperazine rings is 1. The highest BCUT2D eigenvalue weighted by Crippen LogP contribution is 2.33. The van der Waals surface area contributed by atoms with Crippen LogP contribution in [0.2, 0.25) is 0 Å². The van der Waals surface area contributed by atoms with Crippen LogP contribution in [0.1, 0.15) is 34.0 Å². The smallest absolute Gasteiger partial charge is 0.378 e. The number of benzene rings is 2. The number of aromatic nitrogens is 1. The molecule has 5 rings (SSSR count). The number of carbonyl (C=O) groups is 1. The zero-order chi connectivity index (χ0) is 29.9. The van der Waals surface area contributed by atoms with Crippen LogP contribution in [0.3, 0.4) is 0 Å². The molecular formula is C31H32F3N5O3. The van der Waals surface area contributed by atoms with Gasteiger partial charge in [-0.2, -0.15) is 13.2 Å². The number of aromatic amines is 1. The van der Waals surface area contributed by atoms with E-state index in [2.05, 4.69) is 43.8 Å². The largest absolute Gasteiger partial charge is 0.417 e. The molecule has 1 atom stereocenters. The van der Waals surface area contributed by atoms with Crippen molar-refractivity contribution in [3.05, 3.63) is 87.3 Å². The van der Waals surface area contributed by atoms with Crippen molar-refractivity contribution in [3.8, 4) is 11.8 Å². The summed E-state index contributed by atoms with van der Waals surface area (Å²) in [6.45, 7) is 7.17. The van der Waals surface area contributed by atoms with Gasteiger partial charge in [-0.05, 0) is 50.4 Å². The number of H-pyrrole nitrogens is 1. The molecule has 0 bridgehead atoms. The van der Waals surface area contributed by atoms with Crippen molar-refractivity contribution in [2.75, 3.05) is 68.1 Å². The van der Waals surface area contributed by atoms with Crippen LogP contribution < -0.4 is 20.7 Å². The summed E-state index contributed by atoms with van der Waals surface area (Å²) in [5.74, 6) is 5.32.